The summed E-state index contributed by atoms with van der Waals surface area (Å²) in [6.07, 6.45) is 0.0223. The molecule has 0 fully saturated rings. The number of amides is 1. The zero-order chi connectivity index (χ0) is 13.7. The summed E-state index contributed by atoms with van der Waals surface area (Å²) in [5, 5.41) is 2.82. The summed E-state index contributed by atoms with van der Waals surface area (Å²) in [7, 11) is 1.54. The molecule has 0 saturated carbocycles. The molecule has 3 N–H and O–H groups in total. The Balaban J connectivity index is 0.00000200. The van der Waals surface area contributed by atoms with Crippen molar-refractivity contribution >= 4 is 18.3 Å². The zero-order valence-electron chi connectivity index (χ0n) is 11.3. The maximum atomic E-state index is 11.7. The SMILES string of the molecule is COC(CN)CC(=O)NCc1ccc2c(c1)OCO2.Cl. The lowest BCUT2D eigenvalue weighted by Crippen LogP contribution is -2.31. The van der Waals surface area contributed by atoms with Crippen molar-refractivity contribution in [2.45, 2.75) is 19.1 Å². The number of nitrogens with two attached hydrogens (primary N) is 1. The predicted molar refractivity (Wildman–Crippen MR) is 76.1 cm³/mol. The van der Waals surface area contributed by atoms with Gasteiger partial charge in [-0.25, -0.2) is 0 Å². The summed E-state index contributed by atoms with van der Waals surface area (Å²) in [4.78, 5) is 11.7. The number of ether oxygens (including phenoxy) is 3. The van der Waals surface area contributed by atoms with Gasteiger partial charge in [0.1, 0.15) is 0 Å². The summed E-state index contributed by atoms with van der Waals surface area (Å²) >= 11 is 0. The van der Waals surface area contributed by atoms with Gasteiger partial charge in [0.25, 0.3) is 0 Å². The monoisotopic (exact) mass is 302 g/mol. The third kappa shape index (κ3) is 4.26. The number of benzene rings is 1. The number of halogens is 1. The van der Waals surface area contributed by atoms with E-state index in [-0.39, 0.29) is 37.6 Å². The van der Waals surface area contributed by atoms with Gasteiger partial charge < -0.3 is 25.3 Å². The van der Waals surface area contributed by atoms with Gasteiger partial charge in [-0.15, -0.1) is 12.4 Å². The molecule has 6 nitrogen and oxygen atoms in total. The van der Waals surface area contributed by atoms with Crippen molar-refractivity contribution in [3.8, 4) is 11.5 Å². The molecule has 0 saturated heterocycles. The molecule has 1 aromatic rings. The lowest BCUT2D eigenvalue weighted by Gasteiger charge is -2.12. The smallest absolute Gasteiger partial charge is 0.231 e. The standard InChI is InChI=1S/C13H18N2O4.ClH/c1-17-10(6-14)5-13(16)15-7-9-2-3-11-12(4-9)19-8-18-11;/h2-4,10H,5-8,14H2,1H3,(H,15,16);1H. The van der Waals surface area contributed by atoms with Crippen LogP contribution in [0.5, 0.6) is 11.5 Å². The topological polar surface area (TPSA) is 82.8 Å². The second-order valence-corrected chi connectivity index (χ2v) is 4.26. The number of methoxy groups -OCH3 is 1. The second kappa shape index (κ2) is 7.94. The highest BCUT2D eigenvalue weighted by molar-refractivity contribution is 5.85. The number of hydrogen-bond acceptors (Lipinski definition) is 5. The molecule has 1 atom stereocenters. The fraction of sp³-hybridized carbons (Fsp3) is 0.462. The van der Waals surface area contributed by atoms with E-state index in [1.807, 2.05) is 18.2 Å². The molecule has 0 aromatic heterocycles. The van der Waals surface area contributed by atoms with Gasteiger partial charge in [-0.1, -0.05) is 6.07 Å². The van der Waals surface area contributed by atoms with Crippen molar-refractivity contribution in [2.24, 2.45) is 5.73 Å². The lowest BCUT2D eigenvalue weighted by molar-refractivity contribution is -0.123. The number of nitrogens with one attached hydrogen (secondary N) is 1. The third-order valence-corrected chi connectivity index (χ3v) is 2.94. The van der Waals surface area contributed by atoms with Gasteiger partial charge in [0.05, 0.1) is 12.5 Å². The van der Waals surface area contributed by atoms with E-state index in [1.165, 1.54) is 0 Å². The molecular weight excluding hydrogens is 284 g/mol. The first-order chi connectivity index (χ1) is 9.22. The molecule has 20 heavy (non-hydrogen) atoms. The molecular formula is C13H19ClN2O4. The molecule has 7 heteroatoms. The van der Waals surface area contributed by atoms with Crippen molar-refractivity contribution in [3.63, 3.8) is 0 Å². The van der Waals surface area contributed by atoms with Crippen molar-refractivity contribution in [3.05, 3.63) is 23.8 Å². The normalized spacial score (nSPS) is 13.5. The van der Waals surface area contributed by atoms with Crippen molar-refractivity contribution in [1.29, 1.82) is 0 Å². The molecule has 1 aliphatic rings. The first kappa shape index (κ1) is 16.6. The maximum absolute atomic E-state index is 11.7. The fourth-order valence-electron chi connectivity index (χ4n) is 1.79. The zero-order valence-corrected chi connectivity index (χ0v) is 12.1. The van der Waals surface area contributed by atoms with Crippen molar-refractivity contribution < 1.29 is 19.0 Å². The molecule has 0 aliphatic carbocycles. The summed E-state index contributed by atoms with van der Waals surface area (Å²) in [5.74, 6) is 1.36. The first-order valence-corrected chi connectivity index (χ1v) is 6.11. The summed E-state index contributed by atoms with van der Waals surface area (Å²) < 4.78 is 15.6. The minimum atomic E-state index is -0.239. The summed E-state index contributed by atoms with van der Waals surface area (Å²) in [6.45, 7) is 1.02. The molecule has 0 bridgehead atoms. The van der Waals surface area contributed by atoms with Crippen LogP contribution in [0.15, 0.2) is 18.2 Å². The van der Waals surface area contributed by atoms with Crippen LogP contribution in [0, 0.1) is 0 Å². The molecule has 1 heterocycles. The Labute approximate surface area is 124 Å². The maximum Gasteiger partial charge on any atom is 0.231 e. The lowest BCUT2D eigenvalue weighted by atomic mass is 10.2. The molecule has 1 aliphatic heterocycles. The van der Waals surface area contributed by atoms with Crippen LogP contribution in [-0.4, -0.2) is 32.5 Å². The molecule has 0 radical (unpaired) electrons. The largest absolute Gasteiger partial charge is 0.454 e. The molecule has 0 spiro atoms. The fourth-order valence-corrected chi connectivity index (χ4v) is 1.79. The Bertz CT molecular complexity index is 452. The van der Waals surface area contributed by atoms with Gasteiger partial charge in [-0.2, -0.15) is 0 Å². The van der Waals surface area contributed by atoms with Crippen molar-refractivity contribution in [1.82, 2.24) is 5.32 Å². The van der Waals surface area contributed by atoms with E-state index in [1.54, 1.807) is 7.11 Å². The van der Waals surface area contributed by atoms with Crippen LogP contribution < -0.4 is 20.5 Å². The van der Waals surface area contributed by atoms with Gasteiger partial charge >= 0.3 is 0 Å². The molecule has 1 unspecified atom stereocenters. The van der Waals surface area contributed by atoms with E-state index in [2.05, 4.69) is 5.32 Å². The Hall–Kier alpha value is -1.50. The van der Waals surface area contributed by atoms with E-state index >= 15 is 0 Å². The Morgan fingerprint density at radius 2 is 2.20 bits per heavy atom. The number of carbonyl (C=O) groups is 1. The number of rotatable bonds is 6. The van der Waals surface area contributed by atoms with Crippen LogP contribution >= 0.6 is 12.4 Å². The van der Waals surface area contributed by atoms with E-state index < -0.39 is 0 Å². The summed E-state index contributed by atoms with van der Waals surface area (Å²) in [6, 6.07) is 5.59. The van der Waals surface area contributed by atoms with Crippen LogP contribution in [0.4, 0.5) is 0 Å². The number of fused-ring (bicyclic) bond motifs is 1. The highest BCUT2D eigenvalue weighted by atomic mass is 35.5. The van der Waals surface area contributed by atoms with Gasteiger partial charge in [0.2, 0.25) is 12.7 Å². The Morgan fingerprint density at radius 1 is 1.45 bits per heavy atom. The number of hydrogen-bond donors (Lipinski definition) is 2. The van der Waals surface area contributed by atoms with E-state index in [0.717, 1.165) is 11.3 Å². The Kier molecular flexibility index (Phi) is 6.57. The van der Waals surface area contributed by atoms with Crippen LogP contribution in [0.25, 0.3) is 0 Å². The Morgan fingerprint density at radius 3 is 2.90 bits per heavy atom. The third-order valence-electron chi connectivity index (χ3n) is 2.94. The van der Waals surface area contributed by atoms with E-state index in [4.69, 9.17) is 19.9 Å². The molecule has 2 rings (SSSR count). The van der Waals surface area contributed by atoms with Gasteiger partial charge in [-0.3, -0.25) is 4.79 Å². The average molecular weight is 303 g/mol. The molecule has 1 aromatic carbocycles. The van der Waals surface area contributed by atoms with Crippen molar-refractivity contribution in [2.75, 3.05) is 20.4 Å². The van der Waals surface area contributed by atoms with Crippen LogP contribution in [-0.2, 0) is 16.1 Å². The second-order valence-electron chi connectivity index (χ2n) is 4.26. The predicted octanol–water partition coefficient (Wildman–Crippen LogP) is 0.817. The van der Waals surface area contributed by atoms with Crippen LogP contribution in [0.1, 0.15) is 12.0 Å². The van der Waals surface area contributed by atoms with Gasteiger partial charge in [0.15, 0.2) is 11.5 Å². The van der Waals surface area contributed by atoms with Gasteiger partial charge in [-0.05, 0) is 17.7 Å². The molecule has 1 amide bonds. The van der Waals surface area contributed by atoms with E-state index in [9.17, 15) is 4.79 Å². The van der Waals surface area contributed by atoms with E-state index in [0.29, 0.717) is 18.8 Å². The summed E-state index contributed by atoms with van der Waals surface area (Å²) in [5.41, 5.74) is 6.42. The minimum Gasteiger partial charge on any atom is -0.454 e. The van der Waals surface area contributed by atoms with Crippen LogP contribution in [0.2, 0.25) is 0 Å². The highest BCUT2D eigenvalue weighted by Crippen LogP contribution is 2.32. The number of carbonyl (C=O) groups excluding carboxylic acids is 1. The quantitative estimate of drug-likeness (QED) is 0.813. The average Bonchev–Trinajstić information content (AvgIpc) is 2.89. The first-order valence-electron chi connectivity index (χ1n) is 6.11. The van der Waals surface area contributed by atoms with Crippen LogP contribution in [0.3, 0.4) is 0 Å². The van der Waals surface area contributed by atoms with Gasteiger partial charge in [0, 0.05) is 20.2 Å². The minimum absolute atomic E-state index is 0. The highest BCUT2D eigenvalue weighted by Gasteiger charge is 2.14. The molecule has 112 valence electrons.